The van der Waals surface area contributed by atoms with E-state index in [1.807, 2.05) is 0 Å². The zero-order chi connectivity index (χ0) is 15.8. The third-order valence-electron chi connectivity index (χ3n) is 2.69. The van der Waals surface area contributed by atoms with Gasteiger partial charge < -0.3 is 15.2 Å². The monoisotopic (exact) mass is 311 g/mol. The Bertz CT molecular complexity index is 532. The van der Waals surface area contributed by atoms with E-state index in [1.54, 1.807) is 19.1 Å². The van der Waals surface area contributed by atoms with E-state index < -0.39 is 23.9 Å². The topological polar surface area (TPSA) is 92.7 Å². The maximum atomic E-state index is 12.2. The first-order valence-corrected chi connectivity index (χ1v) is 7.05. The molecule has 2 N–H and O–H groups in total. The van der Waals surface area contributed by atoms with Crippen LogP contribution >= 0.6 is 12.6 Å². The fourth-order valence-electron chi connectivity index (χ4n) is 1.69. The van der Waals surface area contributed by atoms with Gasteiger partial charge >= 0.3 is 11.9 Å². The first kappa shape index (κ1) is 17.0. The van der Waals surface area contributed by atoms with Crippen LogP contribution in [0.5, 0.6) is 0 Å². The van der Waals surface area contributed by atoms with Gasteiger partial charge in [-0.15, -0.1) is 0 Å². The van der Waals surface area contributed by atoms with Gasteiger partial charge in [-0.25, -0.2) is 9.59 Å². The number of amides is 1. The lowest BCUT2D eigenvalue weighted by Crippen LogP contribution is -2.41. The number of esters is 1. The molecule has 1 rings (SSSR count). The molecule has 7 heteroatoms. The van der Waals surface area contributed by atoms with Gasteiger partial charge in [-0.1, -0.05) is 12.1 Å². The molecular weight excluding hydrogens is 294 g/mol. The van der Waals surface area contributed by atoms with Crippen molar-refractivity contribution in [3.8, 4) is 0 Å². The van der Waals surface area contributed by atoms with Crippen molar-refractivity contribution in [1.82, 2.24) is 5.32 Å². The molecule has 0 aliphatic heterocycles. The second-order valence-electron chi connectivity index (χ2n) is 4.14. The summed E-state index contributed by atoms with van der Waals surface area (Å²) in [6, 6.07) is 5.05. The zero-order valence-corrected chi connectivity index (χ0v) is 12.4. The quantitative estimate of drug-likeness (QED) is 0.522. The maximum Gasteiger partial charge on any atom is 0.338 e. The largest absolute Gasteiger partial charge is 0.480 e. The predicted octanol–water partition coefficient (Wildman–Crippen LogP) is 1.37. The molecule has 1 amide bonds. The molecule has 0 bridgehead atoms. The summed E-state index contributed by atoms with van der Waals surface area (Å²) in [5.41, 5.74) is 0.188. The average molecular weight is 311 g/mol. The molecule has 0 heterocycles. The van der Waals surface area contributed by atoms with Gasteiger partial charge in [-0.3, -0.25) is 4.79 Å². The van der Waals surface area contributed by atoms with Crippen molar-refractivity contribution in [2.45, 2.75) is 19.4 Å². The average Bonchev–Trinajstić information content (AvgIpc) is 2.46. The maximum absolute atomic E-state index is 12.2. The summed E-state index contributed by atoms with van der Waals surface area (Å²) in [6.07, 6.45) is 0.186. The number of hydrogen-bond donors (Lipinski definition) is 3. The molecule has 21 heavy (non-hydrogen) atoms. The van der Waals surface area contributed by atoms with Crippen molar-refractivity contribution in [3.63, 3.8) is 0 Å². The van der Waals surface area contributed by atoms with Gasteiger partial charge in [0.15, 0.2) is 0 Å². The number of ether oxygens (including phenoxy) is 1. The van der Waals surface area contributed by atoms with Crippen molar-refractivity contribution >= 4 is 30.5 Å². The summed E-state index contributed by atoms with van der Waals surface area (Å²) < 4.78 is 4.87. The highest BCUT2D eigenvalue weighted by Gasteiger charge is 2.23. The van der Waals surface area contributed by atoms with Crippen LogP contribution in [0.25, 0.3) is 0 Å². The fraction of sp³-hybridized carbons (Fsp3) is 0.357. The Morgan fingerprint density at radius 2 is 1.90 bits per heavy atom. The number of carbonyl (C=O) groups excluding carboxylic acids is 2. The number of carboxylic acid groups (broad SMARTS) is 1. The molecule has 114 valence electrons. The van der Waals surface area contributed by atoms with Crippen LogP contribution in [-0.2, 0) is 9.53 Å². The standard InChI is InChI=1S/C14H17NO5S/c1-2-20-14(19)10-6-4-3-5-9(10)12(16)15-11(7-8-21)13(17)18/h3-6,11,21H,2,7-8H2,1H3,(H,15,16)(H,17,18)/t11-/m0/s1. The Morgan fingerprint density at radius 1 is 1.29 bits per heavy atom. The zero-order valence-electron chi connectivity index (χ0n) is 11.5. The van der Waals surface area contributed by atoms with E-state index in [9.17, 15) is 14.4 Å². The molecule has 0 unspecified atom stereocenters. The lowest BCUT2D eigenvalue weighted by atomic mass is 10.1. The Kier molecular flexibility index (Phi) is 6.74. The number of hydrogen-bond acceptors (Lipinski definition) is 5. The Labute approximate surface area is 127 Å². The van der Waals surface area contributed by atoms with Gasteiger partial charge in [0.2, 0.25) is 0 Å². The van der Waals surface area contributed by atoms with E-state index in [2.05, 4.69) is 17.9 Å². The number of nitrogens with one attached hydrogen (secondary N) is 1. The molecule has 0 radical (unpaired) electrons. The number of carbonyl (C=O) groups is 3. The number of aliphatic carboxylic acids is 1. The van der Waals surface area contributed by atoms with Crippen molar-refractivity contribution in [1.29, 1.82) is 0 Å². The van der Waals surface area contributed by atoms with Gasteiger partial charge in [0.05, 0.1) is 17.7 Å². The highest BCUT2D eigenvalue weighted by Crippen LogP contribution is 2.11. The molecule has 0 saturated carbocycles. The lowest BCUT2D eigenvalue weighted by Gasteiger charge is -2.14. The van der Waals surface area contributed by atoms with Gasteiger partial charge in [0, 0.05) is 0 Å². The first-order chi connectivity index (χ1) is 10.0. The van der Waals surface area contributed by atoms with Crippen LogP contribution in [0.2, 0.25) is 0 Å². The molecule has 0 aromatic heterocycles. The van der Waals surface area contributed by atoms with E-state index >= 15 is 0 Å². The van der Waals surface area contributed by atoms with E-state index in [4.69, 9.17) is 9.84 Å². The van der Waals surface area contributed by atoms with Crippen molar-refractivity contribution in [3.05, 3.63) is 35.4 Å². The van der Waals surface area contributed by atoms with Gasteiger partial charge in [-0.05, 0) is 31.2 Å². The van der Waals surface area contributed by atoms with E-state index in [-0.39, 0.29) is 24.2 Å². The van der Waals surface area contributed by atoms with Crippen LogP contribution in [-0.4, -0.2) is 41.4 Å². The number of thiol groups is 1. The first-order valence-electron chi connectivity index (χ1n) is 6.42. The second-order valence-corrected chi connectivity index (χ2v) is 4.59. The van der Waals surface area contributed by atoms with Crippen LogP contribution in [0.1, 0.15) is 34.1 Å². The van der Waals surface area contributed by atoms with E-state index in [0.717, 1.165) is 0 Å². The lowest BCUT2D eigenvalue weighted by molar-refractivity contribution is -0.139. The van der Waals surface area contributed by atoms with Crippen LogP contribution in [0, 0.1) is 0 Å². The van der Waals surface area contributed by atoms with Crippen LogP contribution in [0.15, 0.2) is 24.3 Å². The normalized spacial score (nSPS) is 11.5. The van der Waals surface area contributed by atoms with E-state index in [0.29, 0.717) is 5.75 Å². The van der Waals surface area contributed by atoms with Crippen molar-refractivity contribution in [2.24, 2.45) is 0 Å². The third kappa shape index (κ3) is 4.78. The molecular formula is C14H17NO5S. The SMILES string of the molecule is CCOC(=O)c1ccccc1C(=O)N[C@@H](CCS)C(=O)O. The van der Waals surface area contributed by atoms with Crippen molar-refractivity contribution < 1.29 is 24.2 Å². The highest BCUT2D eigenvalue weighted by atomic mass is 32.1. The van der Waals surface area contributed by atoms with Crippen LogP contribution in [0.3, 0.4) is 0 Å². The summed E-state index contributed by atoms with van der Waals surface area (Å²) in [5, 5.41) is 11.4. The van der Waals surface area contributed by atoms with Crippen LogP contribution in [0.4, 0.5) is 0 Å². The molecule has 1 atom stereocenters. The van der Waals surface area contributed by atoms with Gasteiger partial charge in [0.1, 0.15) is 6.04 Å². The Hall–Kier alpha value is -2.02. The summed E-state index contributed by atoms with van der Waals surface area (Å²) in [7, 11) is 0. The predicted molar refractivity (Wildman–Crippen MR) is 79.8 cm³/mol. The smallest absolute Gasteiger partial charge is 0.338 e. The van der Waals surface area contributed by atoms with Crippen molar-refractivity contribution in [2.75, 3.05) is 12.4 Å². The summed E-state index contributed by atoms with van der Waals surface area (Å²) in [4.78, 5) is 35.0. The molecule has 1 aromatic carbocycles. The molecule has 1 aromatic rings. The summed E-state index contributed by atoms with van der Waals surface area (Å²) in [6.45, 7) is 1.85. The highest BCUT2D eigenvalue weighted by molar-refractivity contribution is 7.80. The summed E-state index contributed by atoms with van der Waals surface area (Å²) >= 11 is 3.96. The molecule has 0 saturated heterocycles. The molecule has 0 fully saturated rings. The Balaban J connectivity index is 2.96. The molecule has 6 nitrogen and oxygen atoms in total. The minimum absolute atomic E-state index is 0.0846. The Morgan fingerprint density at radius 3 is 2.43 bits per heavy atom. The second kappa shape index (κ2) is 8.31. The fourth-order valence-corrected chi connectivity index (χ4v) is 1.95. The minimum atomic E-state index is -1.15. The molecule has 0 aliphatic rings. The molecule has 0 spiro atoms. The minimum Gasteiger partial charge on any atom is -0.480 e. The van der Waals surface area contributed by atoms with E-state index in [1.165, 1.54) is 12.1 Å². The van der Waals surface area contributed by atoms with Gasteiger partial charge in [-0.2, -0.15) is 12.6 Å². The number of rotatable bonds is 7. The third-order valence-corrected chi connectivity index (χ3v) is 2.95. The van der Waals surface area contributed by atoms with Crippen LogP contribution < -0.4 is 5.32 Å². The number of carboxylic acids is 1. The molecule has 0 aliphatic carbocycles. The number of benzene rings is 1. The van der Waals surface area contributed by atoms with Gasteiger partial charge in [0.25, 0.3) is 5.91 Å². The summed E-state index contributed by atoms with van der Waals surface area (Å²) in [5.74, 6) is -2.08.